The molecular formula is C34H40N4O. The highest BCUT2D eigenvalue weighted by molar-refractivity contribution is 5.94. The van der Waals surface area contributed by atoms with Gasteiger partial charge in [0.15, 0.2) is 0 Å². The molecule has 1 unspecified atom stereocenters. The summed E-state index contributed by atoms with van der Waals surface area (Å²) in [5, 5.41) is 3.49. The lowest BCUT2D eigenvalue weighted by atomic mass is 9.83. The van der Waals surface area contributed by atoms with E-state index >= 15 is 0 Å². The Bertz CT molecular complexity index is 1380. The first-order chi connectivity index (χ1) is 18.8. The van der Waals surface area contributed by atoms with Crippen molar-refractivity contribution < 1.29 is 4.79 Å². The predicted molar refractivity (Wildman–Crippen MR) is 159 cm³/mol. The van der Waals surface area contributed by atoms with Crippen molar-refractivity contribution in [3.8, 4) is 11.3 Å². The van der Waals surface area contributed by atoms with Crippen molar-refractivity contribution >= 4 is 5.91 Å². The zero-order valence-corrected chi connectivity index (χ0v) is 23.6. The molecule has 5 nitrogen and oxygen atoms in total. The number of benzene rings is 3. The van der Waals surface area contributed by atoms with Gasteiger partial charge in [-0.05, 0) is 55.5 Å². The lowest BCUT2D eigenvalue weighted by Crippen LogP contribution is -2.45. The summed E-state index contributed by atoms with van der Waals surface area (Å²) in [7, 11) is 0. The van der Waals surface area contributed by atoms with E-state index in [1.165, 1.54) is 11.1 Å². The number of carbonyl (C=O) groups excluding carboxylic acids is 1. The van der Waals surface area contributed by atoms with Gasteiger partial charge in [0, 0.05) is 30.4 Å². The van der Waals surface area contributed by atoms with Crippen molar-refractivity contribution in [2.45, 2.75) is 46.7 Å². The smallest absolute Gasteiger partial charge is 0.254 e. The molecule has 5 heteroatoms. The lowest BCUT2D eigenvalue weighted by molar-refractivity contribution is 0.0437. The maximum Gasteiger partial charge on any atom is 0.254 e. The van der Waals surface area contributed by atoms with Gasteiger partial charge in [-0.25, -0.2) is 4.98 Å². The Labute approximate surface area is 232 Å². The van der Waals surface area contributed by atoms with E-state index in [-0.39, 0.29) is 17.4 Å². The summed E-state index contributed by atoms with van der Waals surface area (Å²) in [5.74, 6) is 1.41. The molecule has 1 saturated heterocycles. The van der Waals surface area contributed by atoms with Crippen LogP contribution in [-0.2, 0) is 6.54 Å². The van der Waals surface area contributed by atoms with E-state index in [0.29, 0.717) is 19.0 Å². The fraction of sp³-hybridized carbons (Fsp3) is 0.353. The van der Waals surface area contributed by atoms with E-state index < -0.39 is 0 Å². The molecule has 1 N–H and O–H groups in total. The Balaban J connectivity index is 1.64. The molecule has 202 valence electrons. The second kappa shape index (κ2) is 11.6. The summed E-state index contributed by atoms with van der Waals surface area (Å²) in [6.07, 6.45) is 3.23. The molecule has 0 bridgehead atoms. The molecule has 1 amide bonds. The van der Waals surface area contributed by atoms with E-state index in [1.807, 2.05) is 48.5 Å². The molecule has 4 aromatic rings. The number of rotatable bonds is 8. The summed E-state index contributed by atoms with van der Waals surface area (Å²) >= 11 is 0. The van der Waals surface area contributed by atoms with Gasteiger partial charge in [-0.1, -0.05) is 99.1 Å². The minimum Gasteiger partial charge on any atom is -0.328 e. The molecule has 1 fully saturated rings. The van der Waals surface area contributed by atoms with Gasteiger partial charge < -0.3 is 14.8 Å². The quantitative estimate of drug-likeness (QED) is 0.280. The number of aromatic nitrogens is 2. The Kier molecular flexibility index (Phi) is 7.99. The van der Waals surface area contributed by atoms with Crippen LogP contribution in [0, 0.1) is 18.3 Å². The first-order valence-corrected chi connectivity index (χ1v) is 14.0. The van der Waals surface area contributed by atoms with E-state index in [2.05, 4.69) is 85.1 Å². The van der Waals surface area contributed by atoms with Gasteiger partial charge in [0.1, 0.15) is 5.82 Å². The average Bonchev–Trinajstić information content (AvgIpc) is 3.59. The van der Waals surface area contributed by atoms with Crippen LogP contribution >= 0.6 is 0 Å². The molecule has 1 aliphatic heterocycles. The molecule has 39 heavy (non-hydrogen) atoms. The first-order valence-electron chi connectivity index (χ1n) is 14.0. The fourth-order valence-electron chi connectivity index (χ4n) is 5.73. The molecule has 1 aliphatic rings. The molecule has 0 spiro atoms. The van der Waals surface area contributed by atoms with Gasteiger partial charge in [0.2, 0.25) is 0 Å². The van der Waals surface area contributed by atoms with E-state index in [0.717, 1.165) is 42.2 Å². The van der Waals surface area contributed by atoms with Crippen molar-refractivity contribution in [2.75, 3.05) is 19.6 Å². The van der Waals surface area contributed by atoms with E-state index in [4.69, 9.17) is 4.98 Å². The van der Waals surface area contributed by atoms with Crippen LogP contribution in [0.1, 0.15) is 60.5 Å². The number of hydrogen-bond donors (Lipinski definition) is 1. The van der Waals surface area contributed by atoms with Gasteiger partial charge >= 0.3 is 0 Å². The second-order valence-electron chi connectivity index (χ2n) is 11.9. The monoisotopic (exact) mass is 520 g/mol. The number of aryl methyl sites for hydroxylation is 1. The highest BCUT2D eigenvalue weighted by Gasteiger charge is 2.40. The van der Waals surface area contributed by atoms with Gasteiger partial charge in [0.25, 0.3) is 5.91 Å². The zero-order chi connectivity index (χ0) is 27.4. The van der Waals surface area contributed by atoms with Crippen molar-refractivity contribution in [3.63, 3.8) is 0 Å². The number of amides is 1. The number of hydrogen-bond acceptors (Lipinski definition) is 3. The number of nitrogens with one attached hydrogen (secondary N) is 1. The number of imidazole rings is 1. The van der Waals surface area contributed by atoms with E-state index in [9.17, 15) is 4.79 Å². The standard InChI is InChI=1S/C34H40N4O/c1-25-12-11-13-26(20-25)22-37-24-30(28-14-7-5-8-15-28)36-32(37)31(34(2,3)4)38(23-27-18-19-35-21-27)33(39)29-16-9-6-10-17-29/h5-17,20,24,27,31,35H,18-19,21-23H2,1-4H3/t27?,31-/m0/s1. The lowest BCUT2D eigenvalue weighted by Gasteiger charge is -2.41. The number of carbonyl (C=O) groups is 1. The van der Waals surface area contributed by atoms with Crippen LogP contribution < -0.4 is 5.32 Å². The molecule has 0 saturated carbocycles. The SMILES string of the molecule is Cc1cccc(Cn2cc(-c3ccccc3)nc2[C@H](N(CC2CCNC2)C(=O)c2ccccc2)C(C)(C)C)c1. The summed E-state index contributed by atoms with van der Waals surface area (Å²) in [6.45, 7) is 12.1. The van der Waals surface area contributed by atoms with Gasteiger partial charge in [-0.15, -0.1) is 0 Å². The molecule has 1 aromatic heterocycles. The molecule has 0 radical (unpaired) electrons. The Hall–Kier alpha value is -3.70. The van der Waals surface area contributed by atoms with Crippen LogP contribution in [0.2, 0.25) is 0 Å². The topological polar surface area (TPSA) is 50.2 Å². The third-order valence-corrected chi connectivity index (χ3v) is 7.59. The zero-order valence-electron chi connectivity index (χ0n) is 23.6. The average molecular weight is 521 g/mol. The van der Waals surface area contributed by atoms with Crippen LogP contribution in [0.25, 0.3) is 11.3 Å². The van der Waals surface area contributed by atoms with Crippen LogP contribution in [0.3, 0.4) is 0 Å². The minimum atomic E-state index is -0.250. The Morgan fingerprint density at radius 2 is 1.74 bits per heavy atom. The maximum absolute atomic E-state index is 14.3. The van der Waals surface area contributed by atoms with Crippen molar-refractivity contribution in [1.82, 2.24) is 19.8 Å². The second-order valence-corrected chi connectivity index (χ2v) is 11.9. The van der Waals surface area contributed by atoms with Crippen LogP contribution in [0.5, 0.6) is 0 Å². The van der Waals surface area contributed by atoms with Crippen molar-refractivity contribution in [2.24, 2.45) is 11.3 Å². The summed E-state index contributed by atoms with van der Waals surface area (Å²) in [6, 6.07) is 28.5. The summed E-state index contributed by atoms with van der Waals surface area (Å²) in [4.78, 5) is 21.7. The molecule has 2 heterocycles. The molecular weight excluding hydrogens is 480 g/mol. The first kappa shape index (κ1) is 26.9. The van der Waals surface area contributed by atoms with Crippen LogP contribution in [-0.4, -0.2) is 40.0 Å². The van der Waals surface area contributed by atoms with E-state index in [1.54, 1.807) is 0 Å². The molecule has 0 aliphatic carbocycles. The highest BCUT2D eigenvalue weighted by Crippen LogP contribution is 2.40. The van der Waals surface area contributed by atoms with Gasteiger partial charge in [0.05, 0.1) is 11.7 Å². The molecule has 5 rings (SSSR count). The van der Waals surface area contributed by atoms with Crippen molar-refractivity contribution in [3.05, 3.63) is 114 Å². The van der Waals surface area contributed by atoms with Gasteiger partial charge in [-0.3, -0.25) is 4.79 Å². The maximum atomic E-state index is 14.3. The minimum absolute atomic E-state index is 0.0637. The highest BCUT2D eigenvalue weighted by atomic mass is 16.2. The Morgan fingerprint density at radius 3 is 2.38 bits per heavy atom. The Morgan fingerprint density at radius 1 is 1.03 bits per heavy atom. The third-order valence-electron chi connectivity index (χ3n) is 7.59. The third kappa shape index (κ3) is 6.31. The molecule has 2 atom stereocenters. The largest absolute Gasteiger partial charge is 0.328 e. The summed E-state index contributed by atoms with van der Waals surface area (Å²) in [5.41, 5.74) is 4.94. The normalized spacial score (nSPS) is 16.3. The fourth-order valence-corrected chi connectivity index (χ4v) is 5.73. The molecule has 3 aromatic carbocycles. The van der Waals surface area contributed by atoms with Crippen LogP contribution in [0.15, 0.2) is 91.1 Å². The van der Waals surface area contributed by atoms with Crippen molar-refractivity contribution in [1.29, 1.82) is 0 Å². The van der Waals surface area contributed by atoms with Gasteiger partial charge in [-0.2, -0.15) is 0 Å². The van der Waals surface area contributed by atoms with Crippen LogP contribution in [0.4, 0.5) is 0 Å². The summed E-state index contributed by atoms with van der Waals surface area (Å²) < 4.78 is 2.27. The number of nitrogens with zero attached hydrogens (tertiary/aromatic N) is 3. The predicted octanol–water partition coefficient (Wildman–Crippen LogP) is 6.75.